The summed E-state index contributed by atoms with van der Waals surface area (Å²) >= 11 is 0. The third-order valence-electron chi connectivity index (χ3n) is 4.78. The molecule has 1 heterocycles. The topological polar surface area (TPSA) is 66.5 Å². The lowest BCUT2D eigenvalue weighted by Crippen LogP contribution is -2.43. The number of benzene rings is 2. The molecule has 1 amide bonds. The fourth-order valence-corrected chi connectivity index (χ4v) is 4.85. The quantitative estimate of drug-likeness (QED) is 0.895. The Bertz CT molecular complexity index is 895. The summed E-state index contributed by atoms with van der Waals surface area (Å²) in [5, 5.41) is 2.96. The second kappa shape index (κ2) is 7.60. The van der Waals surface area contributed by atoms with E-state index in [4.69, 9.17) is 0 Å². The molecule has 1 aliphatic heterocycles. The van der Waals surface area contributed by atoms with Gasteiger partial charge in [-0.2, -0.15) is 4.31 Å². The summed E-state index contributed by atoms with van der Waals surface area (Å²) in [4.78, 5) is 13.0. The Morgan fingerprint density at radius 2 is 1.85 bits per heavy atom. The zero-order chi connectivity index (χ0) is 18.7. The van der Waals surface area contributed by atoms with Gasteiger partial charge in [0.2, 0.25) is 15.9 Å². The van der Waals surface area contributed by atoms with Crippen LogP contribution in [-0.4, -0.2) is 31.7 Å². The molecule has 138 valence electrons. The van der Waals surface area contributed by atoms with Crippen LogP contribution in [0.15, 0.2) is 53.4 Å². The van der Waals surface area contributed by atoms with Crippen molar-refractivity contribution in [3.63, 3.8) is 0 Å². The Hall–Kier alpha value is -2.18. The first kappa shape index (κ1) is 18.6. The van der Waals surface area contributed by atoms with Crippen LogP contribution in [0.25, 0.3) is 0 Å². The van der Waals surface area contributed by atoms with Gasteiger partial charge in [-0.25, -0.2) is 8.42 Å². The van der Waals surface area contributed by atoms with Gasteiger partial charge in [-0.05, 0) is 50.5 Å². The maximum absolute atomic E-state index is 12.8. The molecule has 6 heteroatoms. The molecule has 0 unspecified atom stereocenters. The van der Waals surface area contributed by atoms with Crippen molar-refractivity contribution in [1.82, 2.24) is 4.31 Å². The Kier molecular flexibility index (Phi) is 5.44. The Morgan fingerprint density at radius 3 is 2.54 bits per heavy atom. The van der Waals surface area contributed by atoms with Crippen LogP contribution >= 0.6 is 0 Å². The molecular weight excluding hydrogens is 348 g/mol. The van der Waals surface area contributed by atoms with Crippen LogP contribution in [0.1, 0.15) is 24.0 Å². The van der Waals surface area contributed by atoms with Gasteiger partial charge < -0.3 is 5.32 Å². The summed E-state index contributed by atoms with van der Waals surface area (Å²) in [5.74, 6) is -0.465. The normalized spacial score (nSPS) is 18.5. The van der Waals surface area contributed by atoms with E-state index in [-0.39, 0.29) is 23.3 Å². The van der Waals surface area contributed by atoms with Gasteiger partial charge in [-0.15, -0.1) is 0 Å². The highest BCUT2D eigenvalue weighted by Gasteiger charge is 2.33. The summed E-state index contributed by atoms with van der Waals surface area (Å²) < 4.78 is 27.0. The molecule has 0 bridgehead atoms. The van der Waals surface area contributed by atoms with E-state index in [2.05, 4.69) is 5.32 Å². The van der Waals surface area contributed by atoms with Crippen LogP contribution in [-0.2, 0) is 14.8 Å². The van der Waals surface area contributed by atoms with Crippen LogP contribution in [0.3, 0.4) is 0 Å². The van der Waals surface area contributed by atoms with Gasteiger partial charge in [-0.3, -0.25) is 4.79 Å². The minimum absolute atomic E-state index is 0.120. The highest BCUT2D eigenvalue weighted by atomic mass is 32.2. The van der Waals surface area contributed by atoms with Crippen molar-refractivity contribution in [3.8, 4) is 0 Å². The summed E-state index contributed by atoms with van der Waals surface area (Å²) in [6.07, 6.45) is 1.37. The average molecular weight is 372 g/mol. The third kappa shape index (κ3) is 3.97. The van der Waals surface area contributed by atoms with Crippen LogP contribution in [0, 0.1) is 19.8 Å². The largest absolute Gasteiger partial charge is 0.326 e. The maximum atomic E-state index is 12.8. The fourth-order valence-electron chi connectivity index (χ4n) is 3.30. The van der Waals surface area contributed by atoms with Crippen LogP contribution < -0.4 is 5.32 Å². The molecule has 1 atom stereocenters. The molecule has 0 spiro atoms. The first-order valence-corrected chi connectivity index (χ1v) is 10.3. The number of carbonyl (C=O) groups is 1. The minimum Gasteiger partial charge on any atom is -0.326 e. The number of piperidine rings is 1. The predicted molar refractivity (Wildman–Crippen MR) is 102 cm³/mol. The monoisotopic (exact) mass is 372 g/mol. The molecule has 0 aromatic heterocycles. The van der Waals surface area contributed by atoms with E-state index < -0.39 is 10.0 Å². The summed E-state index contributed by atoms with van der Waals surface area (Å²) in [5.41, 5.74) is 2.92. The lowest BCUT2D eigenvalue weighted by molar-refractivity contribution is -0.120. The number of nitrogens with zero attached hydrogens (tertiary/aromatic N) is 1. The van der Waals surface area contributed by atoms with Crippen LogP contribution in [0.2, 0.25) is 0 Å². The van der Waals surface area contributed by atoms with Crippen molar-refractivity contribution in [1.29, 1.82) is 0 Å². The molecule has 2 aromatic rings. The molecule has 1 fully saturated rings. The number of hydrogen-bond donors (Lipinski definition) is 1. The lowest BCUT2D eigenvalue weighted by atomic mass is 9.98. The van der Waals surface area contributed by atoms with E-state index in [1.54, 1.807) is 30.3 Å². The van der Waals surface area contributed by atoms with Gasteiger partial charge in [0, 0.05) is 18.8 Å². The van der Waals surface area contributed by atoms with E-state index in [1.165, 1.54) is 4.31 Å². The number of amides is 1. The van der Waals surface area contributed by atoms with Crippen molar-refractivity contribution in [3.05, 3.63) is 59.7 Å². The van der Waals surface area contributed by atoms with E-state index in [9.17, 15) is 13.2 Å². The zero-order valence-electron chi connectivity index (χ0n) is 15.1. The Labute approximate surface area is 155 Å². The first-order valence-electron chi connectivity index (χ1n) is 8.81. The minimum atomic E-state index is -3.56. The molecule has 0 aliphatic carbocycles. The molecule has 1 N–H and O–H groups in total. The molecule has 5 nitrogen and oxygen atoms in total. The Balaban J connectivity index is 1.73. The highest BCUT2D eigenvalue weighted by Crippen LogP contribution is 2.25. The second-order valence-corrected chi connectivity index (χ2v) is 8.76. The van der Waals surface area contributed by atoms with E-state index >= 15 is 0 Å². The predicted octanol–water partition coefficient (Wildman–Crippen LogP) is 3.34. The number of anilines is 1. The summed E-state index contributed by atoms with van der Waals surface area (Å²) in [7, 11) is -3.56. The lowest BCUT2D eigenvalue weighted by Gasteiger charge is -2.31. The van der Waals surface area contributed by atoms with Crippen molar-refractivity contribution < 1.29 is 13.2 Å². The van der Waals surface area contributed by atoms with Crippen molar-refractivity contribution in [2.24, 2.45) is 5.92 Å². The van der Waals surface area contributed by atoms with Crippen LogP contribution in [0.4, 0.5) is 5.69 Å². The second-order valence-electron chi connectivity index (χ2n) is 6.82. The first-order chi connectivity index (χ1) is 12.4. The molecule has 26 heavy (non-hydrogen) atoms. The highest BCUT2D eigenvalue weighted by molar-refractivity contribution is 7.89. The third-order valence-corrected chi connectivity index (χ3v) is 6.66. The van der Waals surface area contributed by atoms with Crippen molar-refractivity contribution >= 4 is 21.6 Å². The number of sulfonamides is 1. The van der Waals surface area contributed by atoms with Gasteiger partial charge in [0.1, 0.15) is 0 Å². The SMILES string of the molecule is Cc1ccc(NC(=O)[C@H]2CCCN(S(=O)(=O)c3ccccc3)C2)c(C)c1. The molecule has 0 saturated carbocycles. The molecule has 1 aliphatic rings. The molecule has 0 radical (unpaired) electrons. The number of nitrogens with one attached hydrogen (secondary N) is 1. The molecular formula is C20H24N2O3S. The fraction of sp³-hybridized carbons (Fsp3) is 0.350. The molecule has 3 rings (SSSR count). The van der Waals surface area contributed by atoms with Crippen molar-refractivity contribution in [2.75, 3.05) is 18.4 Å². The zero-order valence-corrected chi connectivity index (χ0v) is 15.9. The number of aryl methyl sites for hydroxylation is 2. The number of carbonyl (C=O) groups excluding carboxylic acids is 1. The van der Waals surface area contributed by atoms with Gasteiger partial charge in [0.05, 0.1) is 10.8 Å². The van der Waals surface area contributed by atoms with Gasteiger partial charge in [0.15, 0.2) is 0 Å². The van der Waals surface area contributed by atoms with E-state index in [0.717, 1.165) is 16.8 Å². The average Bonchev–Trinajstić information content (AvgIpc) is 2.65. The van der Waals surface area contributed by atoms with Gasteiger partial charge in [0.25, 0.3) is 0 Å². The Morgan fingerprint density at radius 1 is 1.12 bits per heavy atom. The van der Waals surface area contributed by atoms with Gasteiger partial charge >= 0.3 is 0 Å². The van der Waals surface area contributed by atoms with E-state index in [1.807, 2.05) is 32.0 Å². The van der Waals surface area contributed by atoms with E-state index in [0.29, 0.717) is 19.4 Å². The summed E-state index contributed by atoms with van der Waals surface area (Å²) in [6, 6.07) is 14.3. The maximum Gasteiger partial charge on any atom is 0.243 e. The molecule has 2 aromatic carbocycles. The van der Waals surface area contributed by atoms with Crippen LogP contribution in [0.5, 0.6) is 0 Å². The molecule has 1 saturated heterocycles. The number of hydrogen-bond acceptors (Lipinski definition) is 3. The smallest absolute Gasteiger partial charge is 0.243 e. The standard InChI is InChI=1S/C20H24N2O3S/c1-15-10-11-19(16(2)13-15)21-20(23)17-7-6-12-22(14-17)26(24,25)18-8-4-3-5-9-18/h3-5,8-11,13,17H,6-7,12,14H2,1-2H3,(H,21,23)/t17-/m0/s1. The van der Waals surface area contributed by atoms with Crippen molar-refractivity contribution in [2.45, 2.75) is 31.6 Å². The van der Waals surface area contributed by atoms with Gasteiger partial charge in [-0.1, -0.05) is 35.9 Å². The summed E-state index contributed by atoms with van der Waals surface area (Å²) in [6.45, 7) is 4.63. The number of rotatable bonds is 4.